The Morgan fingerprint density at radius 1 is 1.30 bits per heavy atom. The molecule has 0 atom stereocenters. The van der Waals surface area contributed by atoms with E-state index in [-0.39, 0.29) is 18.4 Å². The molecule has 0 aliphatic carbocycles. The van der Waals surface area contributed by atoms with E-state index >= 15 is 0 Å². The molecule has 0 N–H and O–H groups in total. The van der Waals surface area contributed by atoms with Crippen LogP contribution in [0.3, 0.4) is 0 Å². The number of benzene rings is 1. The summed E-state index contributed by atoms with van der Waals surface area (Å²) in [5, 5.41) is 0. The van der Waals surface area contributed by atoms with Crippen LogP contribution >= 0.6 is 11.8 Å². The standard InChI is InChI=1S/C17H24N2O3S/c1-17(2)12-18(15(20)9-10-23-4)11-16(21)19(17)13-5-7-14(22-3)8-6-13/h5-8H,9-12H2,1-4H3. The van der Waals surface area contributed by atoms with Gasteiger partial charge in [-0.3, -0.25) is 9.59 Å². The number of carbonyl (C=O) groups is 2. The topological polar surface area (TPSA) is 49.9 Å². The molecule has 1 fully saturated rings. The smallest absolute Gasteiger partial charge is 0.247 e. The zero-order valence-corrected chi connectivity index (χ0v) is 15.0. The monoisotopic (exact) mass is 336 g/mol. The third-order valence-electron chi connectivity index (χ3n) is 3.96. The lowest BCUT2D eigenvalue weighted by atomic mass is 9.97. The quantitative estimate of drug-likeness (QED) is 0.828. The number of nitrogens with zero attached hydrogens (tertiary/aromatic N) is 2. The van der Waals surface area contributed by atoms with Crippen molar-refractivity contribution in [3.63, 3.8) is 0 Å². The van der Waals surface area contributed by atoms with Gasteiger partial charge in [0.25, 0.3) is 0 Å². The van der Waals surface area contributed by atoms with Gasteiger partial charge in [-0.05, 0) is 44.4 Å². The second kappa shape index (κ2) is 7.25. The van der Waals surface area contributed by atoms with Crippen LogP contribution in [0.25, 0.3) is 0 Å². The van der Waals surface area contributed by atoms with Crippen molar-refractivity contribution in [1.82, 2.24) is 4.90 Å². The maximum atomic E-state index is 12.6. The van der Waals surface area contributed by atoms with Crippen molar-refractivity contribution in [2.24, 2.45) is 0 Å². The van der Waals surface area contributed by atoms with E-state index in [4.69, 9.17) is 4.74 Å². The first-order chi connectivity index (χ1) is 10.9. The molecule has 5 nitrogen and oxygen atoms in total. The van der Waals surface area contributed by atoms with Gasteiger partial charge >= 0.3 is 0 Å². The molecule has 0 aromatic heterocycles. The molecule has 1 aliphatic rings. The normalized spacial score (nSPS) is 17.3. The summed E-state index contributed by atoms with van der Waals surface area (Å²) in [6.45, 7) is 4.66. The van der Waals surface area contributed by atoms with E-state index in [2.05, 4.69) is 0 Å². The second-order valence-corrected chi connectivity index (χ2v) is 7.22. The maximum Gasteiger partial charge on any atom is 0.247 e. The molecule has 0 radical (unpaired) electrons. The van der Waals surface area contributed by atoms with Crippen LogP contribution in [0.2, 0.25) is 0 Å². The van der Waals surface area contributed by atoms with Gasteiger partial charge in [0.2, 0.25) is 11.8 Å². The van der Waals surface area contributed by atoms with Gasteiger partial charge in [-0.1, -0.05) is 0 Å². The molecule has 2 amide bonds. The summed E-state index contributed by atoms with van der Waals surface area (Å²) in [5.41, 5.74) is 0.385. The first-order valence-electron chi connectivity index (χ1n) is 7.63. The predicted octanol–water partition coefficient (Wildman–Crippen LogP) is 2.40. The highest BCUT2D eigenvalue weighted by Gasteiger charge is 2.40. The molecule has 1 saturated heterocycles. The van der Waals surface area contributed by atoms with Gasteiger partial charge in [0.1, 0.15) is 12.3 Å². The van der Waals surface area contributed by atoms with Crippen molar-refractivity contribution < 1.29 is 14.3 Å². The van der Waals surface area contributed by atoms with Crippen LogP contribution in [-0.4, -0.2) is 54.5 Å². The molecule has 1 aliphatic heterocycles. The molecule has 1 heterocycles. The van der Waals surface area contributed by atoms with E-state index in [1.165, 1.54) is 0 Å². The minimum atomic E-state index is -0.445. The van der Waals surface area contributed by atoms with Crippen LogP contribution in [-0.2, 0) is 9.59 Å². The third kappa shape index (κ3) is 3.99. The molecular formula is C17H24N2O3S. The number of hydrogen-bond donors (Lipinski definition) is 0. The summed E-state index contributed by atoms with van der Waals surface area (Å²) in [6.07, 6.45) is 2.46. The van der Waals surface area contributed by atoms with Crippen molar-refractivity contribution in [3.8, 4) is 5.75 Å². The number of carbonyl (C=O) groups excluding carboxylic acids is 2. The minimum absolute atomic E-state index is 0.0511. The molecule has 0 bridgehead atoms. The Labute approximate surface area is 142 Å². The zero-order chi connectivity index (χ0) is 17.0. The van der Waals surface area contributed by atoms with Crippen molar-refractivity contribution in [2.45, 2.75) is 25.8 Å². The fourth-order valence-electron chi connectivity index (χ4n) is 2.91. The molecule has 0 unspecified atom stereocenters. The van der Waals surface area contributed by atoms with Gasteiger partial charge in [-0.15, -0.1) is 0 Å². The molecular weight excluding hydrogens is 312 g/mol. The molecule has 1 aromatic rings. The fourth-order valence-corrected chi connectivity index (χ4v) is 3.29. The van der Waals surface area contributed by atoms with Crippen molar-refractivity contribution in [3.05, 3.63) is 24.3 Å². The number of methoxy groups -OCH3 is 1. The van der Waals surface area contributed by atoms with Crippen LogP contribution in [0.5, 0.6) is 5.75 Å². The highest BCUT2D eigenvalue weighted by Crippen LogP contribution is 2.30. The van der Waals surface area contributed by atoms with E-state index < -0.39 is 5.54 Å². The summed E-state index contributed by atoms with van der Waals surface area (Å²) in [4.78, 5) is 28.4. The number of rotatable bonds is 5. The number of anilines is 1. The Bertz CT molecular complexity index is 572. The summed E-state index contributed by atoms with van der Waals surface area (Å²) >= 11 is 1.64. The van der Waals surface area contributed by atoms with Gasteiger partial charge in [0.15, 0.2) is 0 Å². The Kier molecular flexibility index (Phi) is 5.57. The van der Waals surface area contributed by atoms with E-state index in [1.54, 1.807) is 28.7 Å². The van der Waals surface area contributed by atoms with Gasteiger partial charge in [0, 0.05) is 24.4 Å². The Morgan fingerprint density at radius 2 is 1.96 bits per heavy atom. The number of hydrogen-bond acceptors (Lipinski definition) is 4. The van der Waals surface area contributed by atoms with Crippen LogP contribution in [0, 0.1) is 0 Å². The molecule has 0 saturated carbocycles. The van der Waals surface area contributed by atoms with E-state index in [1.807, 2.05) is 44.4 Å². The maximum absolute atomic E-state index is 12.6. The first kappa shape index (κ1) is 17.7. The Balaban J connectivity index is 2.17. The van der Waals surface area contributed by atoms with Crippen molar-refractivity contribution >= 4 is 29.3 Å². The Hall–Kier alpha value is -1.69. The van der Waals surface area contributed by atoms with Gasteiger partial charge in [0.05, 0.1) is 12.6 Å². The molecule has 23 heavy (non-hydrogen) atoms. The van der Waals surface area contributed by atoms with Crippen LogP contribution in [0.1, 0.15) is 20.3 Å². The van der Waals surface area contributed by atoms with Crippen molar-refractivity contribution in [2.75, 3.05) is 37.1 Å². The largest absolute Gasteiger partial charge is 0.497 e. The number of amides is 2. The lowest BCUT2D eigenvalue weighted by molar-refractivity contribution is -0.138. The summed E-state index contributed by atoms with van der Waals surface area (Å²) in [7, 11) is 1.61. The van der Waals surface area contributed by atoms with E-state index in [0.717, 1.165) is 17.2 Å². The lowest BCUT2D eigenvalue weighted by Gasteiger charge is -2.46. The predicted molar refractivity (Wildman–Crippen MR) is 94.1 cm³/mol. The number of thioether (sulfide) groups is 1. The molecule has 2 rings (SSSR count). The third-order valence-corrected chi connectivity index (χ3v) is 4.57. The summed E-state index contributed by atoms with van der Waals surface area (Å²) in [6, 6.07) is 7.44. The first-order valence-corrected chi connectivity index (χ1v) is 9.02. The molecule has 126 valence electrons. The zero-order valence-electron chi connectivity index (χ0n) is 14.2. The van der Waals surface area contributed by atoms with Crippen LogP contribution in [0.4, 0.5) is 5.69 Å². The van der Waals surface area contributed by atoms with Crippen LogP contribution < -0.4 is 9.64 Å². The van der Waals surface area contributed by atoms with Gasteiger partial charge < -0.3 is 14.5 Å². The highest BCUT2D eigenvalue weighted by atomic mass is 32.2. The SMILES string of the molecule is COc1ccc(N2C(=O)CN(C(=O)CCSC)CC2(C)C)cc1. The highest BCUT2D eigenvalue weighted by molar-refractivity contribution is 7.98. The summed E-state index contributed by atoms with van der Waals surface area (Å²) in [5.74, 6) is 1.54. The molecule has 6 heteroatoms. The summed E-state index contributed by atoms with van der Waals surface area (Å²) < 4.78 is 5.16. The average Bonchev–Trinajstić information content (AvgIpc) is 2.51. The average molecular weight is 336 g/mol. The van der Waals surface area contributed by atoms with E-state index in [0.29, 0.717) is 13.0 Å². The minimum Gasteiger partial charge on any atom is -0.497 e. The number of ether oxygens (including phenoxy) is 1. The lowest BCUT2D eigenvalue weighted by Crippen LogP contribution is -2.63. The van der Waals surface area contributed by atoms with Gasteiger partial charge in [-0.25, -0.2) is 0 Å². The fraction of sp³-hybridized carbons (Fsp3) is 0.529. The van der Waals surface area contributed by atoms with E-state index in [9.17, 15) is 9.59 Å². The van der Waals surface area contributed by atoms with Crippen LogP contribution in [0.15, 0.2) is 24.3 Å². The Morgan fingerprint density at radius 3 is 2.48 bits per heavy atom. The molecule has 0 spiro atoms. The van der Waals surface area contributed by atoms with Crippen molar-refractivity contribution in [1.29, 1.82) is 0 Å². The number of piperazine rings is 1. The van der Waals surface area contributed by atoms with Gasteiger partial charge in [-0.2, -0.15) is 11.8 Å². The molecule has 1 aromatic carbocycles. The second-order valence-electron chi connectivity index (χ2n) is 6.23.